The van der Waals surface area contributed by atoms with Crippen LogP contribution in [0.15, 0.2) is 23.3 Å². The van der Waals surface area contributed by atoms with Crippen LogP contribution in [0, 0.1) is 5.92 Å². The summed E-state index contributed by atoms with van der Waals surface area (Å²) in [6.07, 6.45) is 2.94. The first kappa shape index (κ1) is 26.9. The molecule has 184 valence electrons. The number of aliphatic imine (C=N–C) groups is 1. The molecule has 11 heteroatoms. The number of primary amides is 1. The Bertz CT molecular complexity index is 843. The fourth-order valence-corrected chi connectivity index (χ4v) is 3.93. The molecule has 0 unspecified atom stereocenters. The molecule has 0 saturated carbocycles. The third-order valence-electron chi connectivity index (χ3n) is 5.73. The van der Waals surface area contributed by atoms with Gasteiger partial charge in [0.05, 0.1) is 6.54 Å². The molecule has 3 heterocycles. The summed E-state index contributed by atoms with van der Waals surface area (Å²) < 4.78 is 5.44. The van der Waals surface area contributed by atoms with Gasteiger partial charge in [-0.05, 0) is 39.7 Å². The highest BCUT2D eigenvalue weighted by atomic mass is 127. The highest BCUT2D eigenvalue weighted by molar-refractivity contribution is 14.0. The summed E-state index contributed by atoms with van der Waals surface area (Å²) >= 11 is 0. The molecule has 2 fully saturated rings. The van der Waals surface area contributed by atoms with Crippen molar-refractivity contribution in [2.75, 3.05) is 44.2 Å². The number of carbonyl (C=O) groups is 2. The second-order valence-corrected chi connectivity index (χ2v) is 9.28. The van der Waals surface area contributed by atoms with Crippen molar-refractivity contribution >= 4 is 47.8 Å². The van der Waals surface area contributed by atoms with E-state index in [4.69, 9.17) is 16.2 Å². The van der Waals surface area contributed by atoms with Crippen molar-refractivity contribution in [2.45, 2.75) is 45.8 Å². The molecule has 0 aromatic carbocycles. The van der Waals surface area contributed by atoms with Crippen LogP contribution in [0.5, 0.6) is 0 Å². The van der Waals surface area contributed by atoms with Gasteiger partial charge in [-0.3, -0.25) is 4.79 Å². The van der Waals surface area contributed by atoms with Gasteiger partial charge in [0.25, 0.3) is 0 Å². The smallest absolute Gasteiger partial charge is 0.410 e. The van der Waals surface area contributed by atoms with Crippen molar-refractivity contribution in [3.05, 3.63) is 23.9 Å². The number of pyridine rings is 1. The van der Waals surface area contributed by atoms with E-state index in [1.165, 1.54) is 0 Å². The number of halogens is 1. The van der Waals surface area contributed by atoms with E-state index in [9.17, 15) is 9.59 Å². The summed E-state index contributed by atoms with van der Waals surface area (Å²) in [5.41, 5.74) is 12.2. The van der Waals surface area contributed by atoms with E-state index >= 15 is 0 Å². The lowest BCUT2D eigenvalue weighted by Crippen LogP contribution is -2.53. The number of piperidine rings is 1. The van der Waals surface area contributed by atoms with Gasteiger partial charge in [-0.15, -0.1) is 24.0 Å². The minimum Gasteiger partial charge on any atom is -0.444 e. The molecule has 33 heavy (non-hydrogen) atoms. The van der Waals surface area contributed by atoms with Gasteiger partial charge >= 0.3 is 6.09 Å². The summed E-state index contributed by atoms with van der Waals surface area (Å²) in [6, 6.07) is 3.89. The van der Waals surface area contributed by atoms with Crippen LogP contribution in [0.3, 0.4) is 0 Å². The summed E-state index contributed by atoms with van der Waals surface area (Å²) in [6.45, 7) is 9.76. The lowest BCUT2D eigenvalue weighted by Gasteiger charge is -2.36. The Kier molecular flexibility index (Phi) is 9.56. The molecule has 2 saturated heterocycles. The highest BCUT2D eigenvalue weighted by Gasteiger charge is 2.27. The molecule has 2 amide bonds. The van der Waals surface area contributed by atoms with Gasteiger partial charge < -0.3 is 30.9 Å². The van der Waals surface area contributed by atoms with E-state index in [0.717, 1.165) is 37.3 Å². The van der Waals surface area contributed by atoms with Crippen LogP contribution in [0.4, 0.5) is 10.6 Å². The standard InChI is InChI=1S/C22H35N7O3.HI/c1-22(2,3)32-21(31)29-13-11-28(12-14-29)20(24)26-15-17-5-4-8-25-19(17)27-9-6-16(7-10-27)18(23)30;/h4-5,8,16H,6-7,9-15H2,1-3H3,(H2,23,30)(H2,24,26);1H. The second-order valence-electron chi connectivity index (χ2n) is 9.28. The van der Waals surface area contributed by atoms with Gasteiger partial charge in [0.1, 0.15) is 11.4 Å². The van der Waals surface area contributed by atoms with E-state index in [2.05, 4.69) is 14.9 Å². The van der Waals surface area contributed by atoms with E-state index in [1.54, 1.807) is 11.1 Å². The van der Waals surface area contributed by atoms with Crippen LogP contribution >= 0.6 is 24.0 Å². The van der Waals surface area contributed by atoms with Crippen LogP contribution < -0.4 is 16.4 Å². The number of aromatic nitrogens is 1. The SMILES string of the molecule is CC(C)(C)OC(=O)N1CCN(C(N)=NCc2cccnc2N2CCC(C(N)=O)CC2)CC1.I. The Morgan fingerprint density at radius 1 is 1.09 bits per heavy atom. The zero-order valence-electron chi connectivity index (χ0n) is 19.7. The largest absolute Gasteiger partial charge is 0.444 e. The lowest BCUT2D eigenvalue weighted by molar-refractivity contribution is -0.122. The van der Waals surface area contributed by atoms with E-state index in [1.807, 2.05) is 37.8 Å². The number of piperazine rings is 1. The van der Waals surface area contributed by atoms with Gasteiger partial charge in [-0.25, -0.2) is 14.8 Å². The molecule has 0 atom stereocenters. The molecule has 3 rings (SSSR count). The number of carbonyl (C=O) groups excluding carboxylic acids is 2. The summed E-state index contributed by atoms with van der Waals surface area (Å²) in [5.74, 6) is 1.04. The van der Waals surface area contributed by atoms with Gasteiger partial charge in [0.15, 0.2) is 5.96 Å². The minimum atomic E-state index is -0.509. The minimum absolute atomic E-state index is 0. The molecule has 0 bridgehead atoms. The van der Waals surface area contributed by atoms with Gasteiger partial charge in [0.2, 0.25) is 5.91 Å². The molecule has 0 aliphatic carbocycles. The van der Waals surface area contributed by atoms with Crippen molar-refractivity contribution in [3.8, 4) is 0 Å². The number of anilines is 1. The van der Waals surface area contributed by atoms with Crippen LogP contribution in [0.2, 0.25) is 0 Å². The van der Waals surface area contributed by atoms with Crippen molar-refractivity contribution in [1.29, 1.82) is 0 Å². The Labute approximate surface area is 212 Å². The molecule has 1 aromatic rings. The monoisotopic (exact) mass is 573 g/mol. The fraction of sp³-hybridized carbons (Fsp3) is 0.636. The van der Waals surface area contributed by atoms with Crippen LogP contribution in [-0.2, 0) is 16.1 Å². The average Bonchev–Trinajstić information content (AvgIpc) is 2.76. The average molecular weight is 573 g/mol. The maximum Gasteiger partial charge on any atom is 0.410 e. The van der Waals surface area contributed by atoms with Crippen molar-refractivity contribution in [3.63, 3.8) is 0 Å². The molecule has 2 aliphatic rings. The topological polar surface area (TPSA) is 130 Å². The molecular formula is C22H36IN7O3. The Morgan fingerprint density at radius 2 is 1.70 bits per heavy atom. The third kappa shape index (κ3) is 7.61. The number of nitrogens with zero attached hydrogens (tertiary/aromatic N) is 5. The Balaban J connectivity index is 0.00000385. The van der Waals surface area contributed by atoms with E-state index < -0.39 is 5.60 Å². The number of rotatable bonds is 4. The zero-order valence-corrected chi connectivity index (χ0v) is 22.0. The van der Waals surface area contributed by atoms with Gasteiger partial charge in [-0.2, -0.15) is 0 Å². The number of nitrogens with two attached hydrogens (primary N) is 2. The van der Waals surface area contributed by atoms with E-state index in [-0.39, 0.29) is 41.9 Å². The molecule has 10 nitrogen and oxygen atoms in total. The lowest BCUT2D eigenvalue weighted by atomic mass is 9.96. The molecule has 0 radical (unpaired) electrons. The first-order chi connectivity index (χ1) is 15.1. The number of hydrogen-bond acceptors (Lipinski definition) is 6. The maximum absolute atomic E-state index is 12.2. The maximum atomic E-state index is 12.2. The molecule has 4 N–H and O–H groups in total. The third-order valence-corrected chi connectivity index (χ3v) is 5.73. The Morgan fingerprint density at radius 3 is 2.27 bits per heavy atom. The van der Waals surface area contributed by atoms with E-state index in [0.29, 0.717) is 38.7 Å². The normalized spacial score (nSPS) is 18.0. The van der Waals surface area contributed by atoms with Crippen LogP contribution in [0.25, 0.3) is 0 Å². The van der Waals surface area contributed by atoms with Crippen LogP contribution in [-0.4, -0.2) is 77.6 Å². The molecule has 2 aliphatic heterocycles. The number of amides is 2. The van der Waals surface area contributed by atoms with Crippen molar-refractivity contribution < 1.29 is 14.3 Å². The fourth-order valence-electron chi connectivity index (χ4n) is 3.93. The van der Waals surface area contributed by atoms with Crippen molar-refractivity contribution in [1.82, 2.24) is 14.8 Å². The summed E-state index contributed by atoms with van der Waals surface area (Å²) in [4.78, 5) is 38.7. The van der Waals surface area contributed by atoms with Crippen LogP contribution in [0.1, 0.15) is 39.2 Å². The quantitative estimate of drug-likeness (QED) is 0.319. The molecule has 1 aromatic heterocycles. The first-order valence-electron chi connectivity index (χ1n) is 11.1. The molecule has 0 spiro atoms. The Hall–Kier alpha value is -2.31. The first-order valence-corrected chi connectivity index (χ1v) is 11.1. The second kappa shape index (κ2) is 11.7. The summed E-state index contributed by atoms with van der Waals surface area (Å²) in [5, 5.41) is 0. The zero-order chi connectivity index (χ0) is 23.3. The predicted octanol–water partition coefficient (Wildman–Crippen LogP) is 1.77. The van der Waals surface area contributed by atoms with Crippen molar-refractivity contribution in [2.24, 2.45) is 22.4 Å². The number of hydrogen-bond donors (Lipinski definition) is 2. The summed E-state index contributed by atoms with van der Waals surface area (Å²) in [7, 11) is 0. The number of ether oxygens (including phenoxy) is 1. The highest BCUT2D eigenvalue weighted by Crippen LogP contribution is 2.25. The van der Waals surface area contributed by atoms with Gasteiger partial charge in [-0.1, -0.05) is 6.07 Å². The molecular weight excluding hydrogens is 537 g/mol. The van der Waals surface area contributed by atoms with Gasteiger partial charge in [0, 0.05) is 56.9 Å². The number of guanidine groups is 1. The predicted molar refractivity (Wildman–Crippen MR) is 138 cm³/mol.